The summed E-state index contributed by atoms with van der Waals surface area (Å²) in [4.78, 5) is 4.17. The summed E-state index contributed by atoms with van der Waals surface area (Å²) in [7, 11) is 1.56. The van der Waals surface area contributed by atoms with Crippen molar-refractivity contribution in [2.75, 3.05) is 25.6 Å². The van der Waals surface area contributed by atoms with Crippen LogP contribution in [0.2, 0.25) is 0 Å². The van der Waals surface area contributed by atoms with Gasteiger partial charge in [0, 0.05) is 26.0 Å². The Morgan fingerprint density at radius 2 is 2.47 bits per heavy atom. The summed E-state index contributed by atoms with van der Waals surface area (Å²) < 4.78 is 6.62. The molecule has 0 radical (unpaired) electrons. The van der Waals surface area contributed by atoms with Crippen molar-refractivity contribution in [1.82, 2.24) is 19.6 Å². The monoisotopic (exact) mass is 237 g/mol. The number of aliphatic hydroxyl groups excluding tert-OH is 1. The van der Waals surface area contributed by atoms with E-state index in [1.54, 1.807) is 30.2 Å². The first-order chi connectivity index (χ1) is 8.31. The third-order valence-electron chi connectivity index (χ3n) is 2.34. The van der Waals surface area contributed by atoms with Crippen molar-refractivity contribution in [3.8, 4) is 0 Å². The van der Waals surface area contributed by atoms with Crippen molar-refractivity contribution in [2.45, 2.75) is 12.5 Å². The minimum absolute atomic E-state index is 0.338. The van der Waals surface area contributed by atoms with Crippen molar-refractivity contribution < 1.29 is 9.84 Å². The van der Waals surface area contributed by atoms with Crippen LogP contribution in [0.25, 0.3) is 5.65 Å². The topological polar surface area (TPSA) is 84.6 Å². The van der Waals surface area contributed by atoms with Gasteiger partial charge in [-0.15, -0.1) is 10.2 Å². The highest BCUT2D eigenvalue weighted by molar-refractivity contribution is 5.61. The highest BCUT2D eigenvalue weighted by Crippen LogP contribution is 2.09. The molecule has 0 aliphatic rings. The summed E-state index contributed by atoms with van der Waals surface area (Å²) in [5.41, 5.74) is 0.675. The van der Waals surface area contributed by atoms with E-state index in [0.29, 0.717) is 31.0 Å². The molecule has 2 N–H and O–H groups in total. The van der Waals surface area contributed by atoms with Crippen molar-refractivity contribution in [2.24, 2.45) is 0 Å². The SMILES string of the molecule is COCC(O)CCNc1nccn2cnnc12. The second kappa shape index (κ2) is 5.55. The maximum Gasteiger partial charge on any atom is 0.203 e. The molecule has 2 rings (SSSR count). The van der Waals surface area contributed by atoms with Crippen LogP contribution in [0.4, 0.5) is 5.82 Å². The van der Waals surface area contributed by atoms with Gasteiger partial charge in [0.15, 0.2) is 5.82 Å². The standard InChI is InChI=1S/C10H15N5O2/c1-17-6-8(16)2-3-11-9-10-14-13-7-15(10)5-4-12-9/h4-5,7-8,16H,2-3,6H2,1H3,(H,11,12). The molecule has 17 heavy (non-hydrogen) atoms. The largest absolute Gasteiger partial charge is 0.391 e. The number of rotatable bonds is 6. The average molecular weight is 237 g/mol. The summed E-state index contributed by atoms with van der Waals surface area (Å²) >= 11 is 0. The van der Waals surface area contributed by atoms with Gasteiger partial charge >= 0.3 is 0 Å². The number of fused-ring (bicyclic) bond motifs is 1. The maximum absolute atomic E-state index is 9.48. The van der Waals surface area contributed by atoms with Gasteiger partial charge < -0.3 is 15.2 Å². The minimum atomic E-state index is -0.467. The fourth-order valence-electron chi connectivity index (χ4n) is 1.52. The molecule has 0 amide bonds. The van der Waals surface area contributed by atoms with Crippen LogP contribution in [-0.2, 0) is 4.74 Å². The van der Waals surface area contributed by atoms with Gasteiger partial charge in [0.1, 0.15) is 6.33 Å². The Hall–Kier alpha value is -1.73. The van der Waals surface area contributed by atoms with Crippen molar-refractivity contribution in [3.63, 3.8) is 0 Å². The molecule has 0 bridgehead atoms. The molecular weight excluding hydrogens is 222 g/mol. The first kappa shape index (κ1) is 11.7. The van der Waals surface area contributed by atoms with E-state index in [9.17, 15) is 5.11 Å². The van der Waals surface area contributed by atoms with Gasteiger partial charge in [-0.1, -0.05) is 0 Å². The number of hydrogen-bond acceptors (Lipinski definition) is 6. The van der Waals surface area contributed by atoms with E-state index in [2.05, 4.69) is 20.5 Å². The van der Waals surface area contributed by atoms with E-state index in [-0.39, 0.29) is 0 Å². The summed E-state index contributed by atoms with van der Waals surface area (Å²) in [6.07, 6.45) is 5.18. The molecule has 0 fully saturated rings. The zero-order chi connectivity index (χ0) is 12.1. The Kier molecular flexibility index (Phi) is 3.84. The van der Waals surface area contributed by atoms with Crippen molar-refractivity contribution >= 4 is 11.5 Å². The van der Waals surface area contributed by atoms with Gasteiger partial charge in [-0.2, -0.15) is 0 Å². The second-order valence-corrected chi connectivity index (χ2v) is 3.66. The molecule has 2 aromatic heterocycles. The number of hydrogen-bond donors (Lipinski definition) is 2. The minimum Gasteiger partial charge on any atom is -0.391 e. The van der Waals surface area contributed by atoms with Crippen LogP contribution in [0, 0.1) is 0 Å². The van der Waals surface area contributed by atoms with Crippen LogP contribution in [0.5, 0.6) is 0 Å². The van der Waals surface area contributed by atoms with Crippen molar-refractivity contribution in [1.29, 1.82) is 0 Å². The summed E-state index contributed by atoms with van der Waals surface area (Å²) in [5, 5.41) is 20.3. The highest BCUT2D eigenvalue weighted by atomic mass is 16.5. The molecule has 0 saturated heterocycles. The molecule has 1 unspecified atom stereocenters. The first-order valence-corrected chi connectivity index (χ1v) is 5.36. The summed E-state index contributed by atoms with van der Waals surface area (Å²) in [6, 6.07) is 0. The first-order valence-electron chi connectivity index (χ1n) is 5.36. The van der Waals surface area contributed by atoms with E-state index in [4.69, 9.17) is 4.74 Å². The Bertz CT molecular complexity index is 472. The number of methoxy groups -OCH3 is 1. The van der Waals surface area contributed by atoms with Crippen LogP contribution in [0.3, 0.4) is 0 Å². The quantitative estimate of drug-likeness (QED) is 0.731. The van der Waals surface area contributed by atoms with Gasteiger partial charge in [0.25, 0.3) is 0 Å². The second-order valence-electron chi connectivity index (χ2n) is 3.66. The molecule has 0 aliphatic heterocycles. The lowest BCUT2D eigenvalue weighted by atomic mass is 10.2. The third-order valence-corrected chi connectivity index (χ3v) is 2.34. The number of nitrogens with zero attached hydrogens (tertiary/aromatic N) is 4. The Morgan fingerprint density at radius 3 is 3.29 bits per heavy atom. The van der Waals surface area contributed by atoms with E-state index in [1.807, 2.05) is 0 Å². The number of aromatic nitrogens is 4. The fourth-order valence-corrected chi connectivity index (χ4v) is 1.52. The van der Waals surface area contributed by atoms with Gasteiger partial charge in [0.05, 0.1) is 12.7 Å². The molecule has 7 heteroatoms. The Morgan fingerprint density at radius 1 is 1.59 bits per heavy atom. The Labute approximate surface area is 98.5 Å². The van der Waals surface area contributed by atoms with E-state index < -0.39 is 6.10 Å². The van der Waals surface area contributed by atoms with Gasteiger partial charge in [-0.25, -0.2) is 4.98 Å². The Balaban J connectivity index is 1.92. The molecule has 0 spiro atoms. The molecule has 92 valence electrons. The highest BCUT2D eigenvalue weighted by Gasteiger charge is 2.06. The third kappa shape index (κ3) is 2.89. The predicted octanol–water partition coefficient (Wildman–Crippen LogP) is -0.0664. The normalized spacial score (nSPS) is 12.8. The summed E-state index contributed by atoms with van der Waals surface area (Å²) in [6.45, 7) is 0.939. The van der Waals surface area contributed by atoms with Gasteiger partial charge in [-0.3, -0.25) is 4.40 Å². The van der Waals surface area contributed by atoms with Gasteiger partial charge in [0.2, 0.25) is 5.65 Å². The molecular formula is C10H15N5O2. The average Bonchev–Trinajstić information content (AvgIpc) is 2.78. The number of ether oxygens (including phenoxy) is 1. The number of aliphatic hydroxyl groups is 1. The molecule has 0 aromatic carbocycles. The molecule has 2 aromatic rings. The van der Waals surface area contributed by atoms with Gasteiger partial charge in [-0.05, 0) is 6.42 Å². The van der Waals surface area contributed by atoms with E-state index >= 15 is 0 Å². The van der Waals surface area contributed by atoms with E-state index in [1.165, 1.54) is 0 Å². The zero-order valence-corrected chi connectivity index (χ0v) is 9.58. The molecule has 0 aliphatic carbocycles. The lowest BCUT2D eigenvalue weighted by Gasteiger charge is -2.10. The van der Waals surface area contributed by atoms with Crippen molar-refractivity contribution in [3.05, 3.63) is 18.7 Å². The maximum atomic E-state index is 9.48. The van der Waals surface area contributed by atoms with Crippen LogP contribution in [0.1, 0.15) is 6.42 Å². The number of anilines is 1. The molecule has 0 saturated carbocycles. The molecule has 1 atom stereocenters. The predicted molar refractivity (Wildman–Crippen MR) is 61.8 cm³/mol. The lowest BCUT2D eigenvalue weighted by Crippen LogP contribution is -2.18. The van der Waals surface area contributed by atoms with E-state index in [0.717, 1.165) is 0 Å². The lowest BCUT2D eigenvalue weighted by molar-refractivity contribution is 0.0615. The van der Waals surface area contributed by atoms with Crippen LogP contribution in [-0.4, -0.2) is 51.1 Å². The molecule has 7 nitrogen and oxygen atoms in total. The zero-order valence-electron chi connectivity index (χ0n) is 9.58. The summed E-state index contributed by atoms with van der Waals surface area (Å²) in [5.74, 6) is 0.662. The van der Waals surface area contributed by atoms with Crippen LogP contribution < -0.4 is 5.32 Å². The smallest absolute Gasteiger partial charge is 0.203 e. The van der Waals surface area contributed by atoms with Crippen LogP contribution in [0.15, 0.2) is 18.7 Å². The fraction of sp³-hybridized carbons (Fsp3) is 0.500. The molecule has 2 heterocycles. The van der Waals surface area contributed by atoms with Crippen LogP contribution >= 0.6 is 0 Å². The number of nitrogens with one attached hydrogen (secondary N) is 1.